The van der Waals surface area contributed by atoms with Gasteiger partial charge in [-0.1, -0.05) is 6.07 Å². The van der Waals surface area contributed by atoms with Gasteiger partial charge in [0.2, 0.25) is 0 Å². The molecule has 0 aliphatic heterocycles. The molecule has 1 aromatic carbocycles. The van der Waals surface area contributed by atoms with Crippen LogP contribution in [0.25, 0.3) is 0 Å². The molecule has 18 heavy (non-hydrogen) atoms. The Bertz CT molecular complexity index is 570. The van der Waals surface area contributed by atoms with E-state index in [1.807, 2.05) is 19.2 Å². The van der Waals surface area contributed by atoms with Crippen molar-refractivity contribution >= 4 is 59.1 Å². The van der Waals surface area contributed by atoms with Crippen LogP contribution in [0.15, 0.2) is 36.3 Å². The fraction of sp³-hybridized carbons (Fsp3) is 0.167. The van der Waals surface area contributed by atoms with Crippen molar-refractivity contribution < 1.29 is 4.39 Å². The fourth-order valence-corrected chi connectivity index (χ4v) is 4.89. The Hall–Kier alpha value is 0.250. The molecular weight excluding hydrogens is 449 g/mol. The number of thiophene rings is 1. The van der Waals surface area contributed by atoms with Crippen molar-refractivity contribution in [1.82, 2.24) is 5.32 Å². The summed E-state index contributed by atoms with van der Waals surface area (Å²) in [5.41, 5.74) is 1.99. The van der Waals surface area contributed by atoms with Crippen molar-refractivity contribution in [2.24, 2.45) is 0 Å². The highest BCUT2D eigenvalue weighted by molar-refractivity contribution is 9.12. The zero-order chi connectivity index (χ0) is 13.3. The number of hydrogen-bond acceptors (Lipinski definition) is 2. The highest BCUT2D eigenvalue weighted by Gasteiger charge is 2.18. The molecule has 1 nitrogen and oxygen atoms in total. The summed E-state index contributed by atoms with van der Waals surface area (Å²) in [4.78, 5) is 0. The highest BCUT2D eigenvalue weighted by atomic mass is 79.9. The summed E-state index contributed by atoms with van der Waals surface area (Å²) in [6.45, 7) is 0. The predicted octanol–water partition coefficient (Wildman–Crippen LogP) is 5.48. The van der Waals surface area contributed by atoms with E-state index in [1.165, 1.54) is 0 Å². The Morgan fingerprint density at radius 1 is 1.22 bits per heavy atom. The second-order valence-corrected chi connectivity index (χ2v) is 8.28. The molecule has 1 N–H and O–H groups in total. The average molecular weight is 458 g/mol. The van der Waals surface area contributed by atoms with Gasteiger partial charge in [0.25, 0.3) is 0 Å². The molecule has 1 aromatic heterocycles. The molecule has 0 bridgehead atoms. The van der Waals surface area contributed by atoms with Crippen LogP contribution in [0.3, 0.4) is 0 Å². The van der Waals surface area contributed by atoms with Gasteiger partial charge in [-0.2, -0.15) is 0 Å². The maximum absolute atomic E-state index is 13.6. The lowest BCUT2D eigenvalue weighted by molar-refractivity contribution is 0.610. The van der Waals surface area contributed by atoms with Gasteiger partial charge >= 0.3 is 0 Å². The van der Waals surface area contributed by atoms with Crippen LogP contribution in [0.4, 0.5) is 4.39 Å². The van der Waals surface area contributed by atoms with Crippen LogP contribution in [0.1, 0.15) is 17.2 Å². The van der Waals surface area contributed by atoms with Crippen LogP contribution in [-0.4, -0.2) is 7.05 Å². The third kappa shape index (κ3) is 3.04. The van der Waals surface area contributed by atoms with Crippen molar-refractivity contribution in [3.05, 3.63) is 53.3 Å². The van der Waals surface area contributed by atoms with Crippen molar-refractivity contribution in [2.75, 3.05) is 7.05 Å². The summed E-state index contributed by atoms with van der Waals surface area (Å²) in [5, 5.41) is 3.21. The molecule has 0 amide bonds. The van der Waals surface area contributed by atoms with Gasteiger partial charge in [-0.3, -0.25) is 0 Å². The van der Waals surface area contributed by atoms with Crippen molar-refractivity contribution in [3.63, 3.8) is 0 Å². The lowest BCUT2D eigenvalue weighted by Crippen LogP contribution is -2.17. The number of hydrogen-bond donors (Lipinski definition) is 1. The number of benzene rings is 1. The van der Waals surface area contributed by atoms with Gasteiger partial charge in [-0.25, -0.2) is 4.39 Å². The van der Waals surface area contributed by atoms with E-state index in [1.54, 1.807) is 23.5 Å². The molecule has 0 radical (unpaired) electrons. The minimum absolute atomic E-state index is 0.0375. The molecule has 0 aliphatic rings. The summed E-state index contributed by atoms with van der Waals surface area (Å²) in [6.07, 6.45) is 0. The van der Waals surface area contributed by atoms with Gasteiger partial charge < -0.3 is 5.32 Å². The third-order valence-corrected chi connectivity index (χ3v) is 5.59. The van der Waals surface area contributed by atoms with Crippen LogP contribution < -0.4 is 5.32 Å². The first-order valence-electron chi connectivity index (χ1n) is 5.10. The lowest BCUT2D eigenvalue weighted by atomic mass is 10.0. The fourth-order valence-electron chi connectivity index (χ4n) is 1.74. The Kier molecular flexibility index (Phi) is 4.99. The summed E-state index contributed by atoms with van der Waals surface area (Å²) >= 11 is 11.8. The second-order valence-electron chi connectivity index (χ2n) is 3.67. The molecule has 96 valence electrons. The first kappa shape index (κ1) is 14.7. The smallest absolute Gasteiger partial charge is 0.137 e. The van der Waals surface area contributed by atoms with Gasteiger partial charge in [0.1, 0.15) is 5.82 Å². The zero-order valence-corrected chi connectivity index (χ0v) is 14.9. The van der Waals surface area contributed by atoms with Crippen LogP contribution in [0, 0.1) is 5.82 Å². The van der Waals surface area contributed by atoms with Gasteiger partial charge in [-0.15, -0.1) is 11.3 Å². The van der Waals surface area contributed by atoms with Crippen LogP contribution >= 0.6 is 59.1 Å². The topological polar surface area (TPSA) is 12.0 Å². The third-order valence-electron chi connectivity index (χ3n) is 2.56. The van der Waals surface area contributed by atoms with E-state index in [0.717, 1.165) is 18.7 Å². The molecule has 1 heterocycles. The molecule has 2 rings (SSSR count). The monoisotopic (exact) mass is 455 g/mol. The van der Waals surface area contributed by atoms with E-state index >= 15 is 0 Å². The highest BCUT2D eigenvalue weighted by Crippen LogP contribution is 2.38. The maximum Gasteiger partial charge on any atom is 0.137 e. The van der Waals surface area contributed by atoms with Crippen molar-refractivity contribution in [2.45, 2.75) is 6.04 Å². The summed E-state index contributed by atoms with van der Waals surface area (Å²) in [6, 6.07) is 7.18. The molecule has 1 atom stereocenters. The molecule has 0 aliphatic carbocycles. The number of rotatable bonds is 3. The normalized spacial score (nSPS) is 12.7. The minimum atomic E-state index is -0.252. The summed E-state index contributed by atoms with van der Waals surface area (Å²) in [5.74, 6) is -0.252. The standard InChI is InChI=1S/C12H9Br3FNS/c1-17-11(7-5-10(14)18-12(7)15)6-2-3-8(13)9(16)4-6/h2-5,11,17H,1H3. The maximum atomic E-state index is 13.6. The molecule has 6 heteroatoms. The molecular formula is C12H9Br3FNS. The van der Waals surface area contributed by atoms with Gasteiger partial charge in [0, 0.05) is 0 Å². The molecule has 0 saturated carbocycles. The van der Waals surface area contributed by atoms with E-state index in [4.69, 9.17) is 0 Å². The van der Waals surface area contributed by atoms with E-state index in [9.17, 15) is 4.39 Å². The Balaban J connectivity index is 2.45. The Labute approximate surface area is 134 Å². The number of nitrogens with one attached hydrogen (secondary N) is 1. The van der Waals surface area contributed by atoms with Crippen LogP contribution in [0.2, 0.25) is 0 Å². The SMILES string of the molecule is CNC(c1ccc(Br)c(F)c1)c1cc(Br)sc1Br. The molecule has 0 saturated heterocycles. The van der Waals surface area contributed by atoms with Crippen LogP contribution in [0.5, 0.6) is 0 Å². The zero-order valence-electron chi connectivity index (χ0n) is 9.31. The van der Waals surface area contributed by atoms with E-state index in [0.29, 0.717) is 4.47 Å². The van der Waals surface area contributed by atoms with E-state index in [2.05, 4.69) is 53.1 Å². The summed E-state index contributed by atoms with van der Waals surface area (Å²) < 4.78 is 16.2. The van der Waals surface area contributed by atoms with Crippen LogP contribution in [-0.2, 0) is 0 Å². The van der Waals surface area contributed by atoms with Crippen molar-refractivity contribution in [1.29, 1.82) is 0 Å². The first-order valence-corrected chi connectivity index (χ1v) is 8.29. The molecule has 0 spiro atoms. The molecule has 1 unspecified atom stereocenters. The average Bonchev–Trinajstić information content (AvgIpc) is 2.64. The Morgan fingerprint density at radius 3 is 2.44 bits per heavy atom. The van der Waals surface area contributed by atoms with Gasteiger partial charge in [0.15, 0.2) is 0 Å². The van der Waals surface area contributed by atoms with E-state index in [-0.39, 0.29) is 11.9 Å². The predicted molar refractivity (Wildman–Crippen MR) is 84.7 cm³/mol. The minimum Gasteiger partial charge on any atom is -0.309 e. The summed E-state index contributed by atoms with van der Waals surface area (Å²) in [7, 11) is 1.86. The quantitative estimate of drug-likeness (QED) is 0.643. The Morgan fingerprint density at radius 2 is 1.94 bits per heavy atom. The molecule has 2 aromatic rings. The number of halogens is 4. The van der Waals surface area contributed by atoms with E-state index < -0.39 is 0 Å². The van der Waals surface area contributed by atoms with Crippen molar-refractivity contribution in [3.8, 4) is 0 Å². The van der Waals surface area contributed by atoms with Gasteiger partial charge in [0.05, 0.1) is 18.1 Å². The van der Waals surface area contributed by atoms with Gasteiger partial charge in [-0.05, 0) is 84.2 Å². The first-order chi connectivity index (χ1) is 8.52. The largest absolute Gasteiger partial charge is 0.309 e. The lowest BCUT2D eigenvalue weighted by Gasteiger charge is -2.16. The second kappa shape index (κ2) is 6.13. The molecule has 0 fully saturated rings.